The Labute approximate surface area is 138 Å². The average Bonchev–Trinajstić information content (AvgIpc) is 2.90. The molecule has 0 unspecified atom stereocenters. The lowest BCUT2D eigenvalue weighted by Crippen LogP contribution is -2.28. The number of likely N-dealkylation sites (N-methyl/N-ethyl adjacent to an activating group) is 1. The quantitative estimate of drug-likeness (QED) is 0.739. The molecule has 3 rings (SSSR count). The van der Waals surface area contributed by atoms with Gasteiger partial charge in [0.15, 0.2) is 0 Å². The third kappa shape index (κ3) is 2.79. The van der Waals surface area contributed by atoms with Gasteiger partial charge in [0, 0.05) is 34.3 Å². The largest absolute Gasteiger partial charge is 0.361 e. The smallest absolute Gasteiger partial charge is 0.231 e. The Morgan fingerprint density at radius 2 is 2.00 bits per heavy atom. The molecule has 1 heterocycles. The first kappa shape index (κ1) is 14.9. The topological polar surface area (TPSA) is 36.1 Å². The maximum atomic E-state index is 12.6. The molecule has 22 heavy (non-hydrogen) atoms. The molecule has 1 N–H and O–H groups in total. The van der Waals surface area contributed by atoms with Crippen molar-refractivity contribution in [2.24, 2.45) is 0 Å². The molecule has 0 aliphatic carbocycles. The molecule has 2 aromatic carbocycles. The zero-order chi connectivity index (χ0) is 15.7. The van der Waals surface area contributed by atoms with Crippen LogP contribution in [0, 0.1) is 6.92 Å². The van der Waals surface area contributed by atoms with Crippen LogP contribution < -0.4 is 4.90 Å². The van der Waals surface area contributed by atoms with Crippen LogP contribution in [0.1, 0.15) is 11.1 Å². The van der Waals surface area contributed by atoms with Crippen molar-refractivity contribution in [3.8, 4) is 0 Å². The fourth-order valence-electron chi connectivity index (χ4n) is 2.69. The van der Waals surface area contributed by atoms with Gasteiger partial charge in [-0.1, -0.05) is 34.1 Å². The Morgan fingerprint density at radius 3 is 2.77 bits per heavy atom. The second-order valence-corrected chi connectivity index (χ2v) is 6.34. The number of amides is 1. The van der Waals surface area contributed by atoms with E-state index in [9.17, 15) is 4.79 Å². The highest BCUT2D eigenvalue weighted by Crippen LogP contribution is 2.24. The SMILES string of the molecule is Cc1cc(Br)ccc1N(C)C(=O)Cc1c[nH]c2ccccc12. The van der Waals surface area contributed by atoms with Gasteiger partial charge in [-0.25, -0.2) is 0 Å². The number of hydrogen-bond acceptors (Lipinski definition) is 1. The van der Waals surface area contributed by atoms with Crippen molar-refractivity contribution in [3.05, 3.63) is 64.3 Å². The van der Waals surface area contributed by atoms with Crippen molar-refractivity contribution in [2.75, 3.05) is 11.9 Å². The fraction of sp³-hybridized carbons (Fsp3) is 0.167. The molecule has 112 valence electrons. The van der Waals surface area contributed by atoms with E-state index in [2.05, 4.69) is 20.9 Å². The molecule has 3 aromatic rings. The van der Waals surface area contributed by atoms with Crippen molar-refractivity contribution in [3.63, 3.8) is 0 Å². The molecule has 1 amide bonds. The van der Waals surface area contributed by atoms with Crippen LogP contribution in [0.2, 0.25) is 0 Å². The van der Waals surface area contributed by atoms with Crippen LogP contribution in [-0.2, 0) is 11.2 Å². The number of halogens is 1. The van der Waals surface area contributed by atoms with Crippen LogP contribution in [0.15, 0.2) is 53.1 Å². The molecular formula is C18H17BrN2O. The monoisotopic (exact) mass is 356 g/mol. The maximum absolute atomic E-state index is 12.6. The minimum absolute atomic E-state index is 0.0789. The molecule has 0 bridgehead atoms. The number of hydrogen-bond donors (Lipinski definition) is 1. The number of H-pyrrole nitrogens is 1. The predicted octanol–water partition coefficient (Wildman–Crippen LogP) is 4.44. The molecule has 4 heteroatoms. The normalized spacial score (nSPS) is 10.9. The lowest BCUT2D eigenvalue weighted by atomic mass is 10.1. The summed E-state index contributed by atoms with van der Waals surface area (Å²) in [7, 11) is 1.83. The number of anilines is 1. The summed E-state index contributed by atoms with van der Waals surface area (Å²) in [5, 5.41) is 1.11. The molecule has 3 nitrogen and oxygen atoms in total. The first-order valence-corrected chi connectivity index (χ1v) is 7.93. The van der Waals surface area contributed by atoms with Crippen LogP contribution in [0.3, 0.4) is 0 Å². The summed E-state index contributed by atoms with van der Waals surface area (Å²) in [4.78, 5) is 17.5. The molecule has 0 aliphatic heterocycles. The molecule has 0 spiro atoms. The number of nitrogens with zero attached hydrogens (tertiary/aromatic N) is 1. The average molecular weight is 357 g/mol. The Hall–Kier alpha value is -2.07. The van der Waals surface area contributed by atoms with Crippen LogP contribution in [0.4, 0.5) is 5.69 Å². The highest BCUT2D eigenvalue weighted by Gasteiger charge is 2.15. The molecular weight excluding hydrogens is 340 g/mol. The molecule has 0 atom stereocenters. The number of para-hydroxylation sites is 1. The Balaban J connectivity index is 1.84. The van der Waals surface area contributed by atoms with E-state index in [4.69, 9.17) is 0 Å². The number of aromatic amines is 1. The van der Waals surface area contributed by atoms with Gasteiger partial charge in [0.1, 0.15) is 0 Å². The van der Waals surface area contributed by atoms with Gasteiger partial charge in [-0.05, 0) is 42.3 Å². The number of aryl methyl sites for hydroxylation is 1. The molecule has 0 radical (unpaired) electrons. The maximum Gasteiger partial charge on any atom is 0.231 e. The first-order valence-electron chi connectivity index (χ1n) is 7.14. The molecule has 0 fully saturated rings. The van der Waals surface area contributed by atoms with Gasteiger partial charge < -0.3 is 9.88 Å². The number of fused-ring (bicyclic) bond motifs is 1. The van der Waals surface area contributed by atoms with Gasteiger partial charge >= 0.3 is 0 Å². The number of nitrogens with one attached hydrogen (secondary N) is 1. The Morgan fingerprint density at radius 1 is 1.23 bits per heavy atom. The lowest BCUT2D eigenvalue weighted by molar-refractivity contribution is -0.117. The summed E-state index contributed by atoms with van der Waals surface area (Å²) in [6.45, 7) is 2.01. The molecule has 1 aromatic heterocycles. The van der Waals surface area contributed by atoms with E-state index >= 15 is 0 Å². The lowest BCUT2D eigenvalue weighted by Gasteiger charge is -2.19. The number of rotatable bonds is 3. The number of benzene rings is 2. The van der Waals surface area contributed by atoms with Gasteiger partial charge in [0.05, 0.1) is 6.42 Å². The summed E-state index contributed by atoms with van der Waals surface area (Å²) in [5.74, 6) is 0.0789. The first-order chi connectivity index (χ1) is 10.6. The minimum atomic E-state index is 0.0789. The summed E-state index contributed by atoms with van der Waals surface area (Å²) >= 11 is 3.45. The fourth-order valence-corrected chi connectivity index (χ4v) is 3.16. The van der Waals surface area contributed by atoms with Gasteiger partial charge in [0.25, 0.3) is 0 Å². The Kier molecular flexibility index (Phi) is 4.03. The van der Waals surface area contributed by atoms with Crippen molar-refractivity contribution >= 4 is 38.4 Å². The van der Waals surface area contributed by atoms with E-state index in [0.717, 1.165) is 32.2 Å². The van der Waals surface area contributed by atoms with E-state index in [1.807, 2.05) is 62.6 Å². The van der Waals surface area contributed by atoms with Crippen LogP contribution >= 0.6 is 15.9 Å². The Bertz CT molecular complexity index is 838. The van der Waals surface area contributed by atoms with Gasteiger partial charge in [-0.3, -0.25) is 4.79 Å². The minimum Gasteiger partial charge on any atom is -0.361 e. The summed E-state index contributed by atoms with van der Waals surface area (Å²) in [5.41, 5.74) is 4.10. The van der Waals surface area contributed by atoms with E-state index in [0.29, 0.717) is 6.42 Å². The molecule has 0 saturated carbocycles. The van der Waals surface area contributed by atoms with Gasteiger partial charge in [-0.15, -0.1) is 0 Å². The summed E-state index contributed by atoms with van der Waals surface area (Å²) < 4.78 is 1.02. The van der Waals surface area contributed by atoms with Crippen molar-refractivity contribution in [2.45, 2.75) is 13.3 Å². The van der Waals surface area contributed by atoms with Gasteiger partial charge in [-0.2, -0.15) is 0 Å². The number of carbonyl (C=O) groups excluding carboxylic acids is 1. The third-order valence-electron chi connectivity index (χ3n) is 3.91. The molecule has 0 saturated heterocycles. The highest BCUT2D eigenvalue weighted by atomic mass is 79.9. The van der Waals surface area contributed by atoms with E-state index in [1.165, 1.54) is 0 Å². The van der Waals surface area contributed by atoms with Gasteiger partial charge in [0.2, 0.25) is 5.91 Å². The summed E-state index contributed by atoms with van der Waals surface area (Å²) in [6, 6.07) is 14.0. The number of carbonyl (C=O) groups is 1. The van der Waals surface area contributed by atoms with Crippen molar-refractivity contribution in [1.29, 1.82) is 0 Å². The van der Waals surface area contributed by atoms with Crippen LogP contribution in [-0.4, -0.2) is 17.9 Å². The second kappa shape index (κ2) is 5.97. The molecule has 0 aliphatic rings. The highest BCUT2D eigenvalue weighted by molar-refractivity contribution is 9.10. The summed E-state index contributed by atoms with van der Waals surface area (Å²) in [6.07, 6.45) is 2.31. The van der Waals surface area contributed by atoms with Crippen molar-refractivity contribution in [1.82, 2.24) is 4.98 Å². The second-order valence-electron chi connectivity index (χ2n) is 5.42. The van der Waals surface area contributed by atoms with E-state index in [1.54, 1.807) is 4.90 Å². The van der Waals surface area contributed by atoms with Crippen LogP contribution in [0.25, 0.3) is 10.9 Å². The standard InChI is InChI=1S/C18H17BrN2O/c1-12-9-14(19)7-8-17(12)21(2)18(22)10-13-11-20-16-6-4-3-5-15(13)16/h3-9,11,20H,10H2,1-2H3. The predicted molar refractivity (Wildman–Crippen MR) is 94.3 cm³/mol. The zero-order valence-corrected chi connectivity index (χ0v) is 14.1. The third-order valence-corrected chi connectivity index (χ3v) is 4.40. The van der Waals surface area contributed by atoms with E-state index < -0.39 is 0 Å². The van der Waals surface area contributed by atoms with Crippen molar-refractivity contribution < 1.29 is 4.79 Å². The van der Waals surface area contributed by atoms with E-state index in [-0.39, 0.29) is 5.91 Å². The van der Waals surface area contributed by atoms with Crippen LogP contribution in [0.5, 0.6) is 0 Å². The number of aromatic nitrogens is 1. The zero-order valence-electron chi connectivity index (χ0n) is 12.6.